The molecule has 2 amide bonds. The number of anilines is 1. The third-order valence-corrected chi connectivity index (χ3v) is 10.3. The molecule has 1 N–H and O–H groups in total. The molecule has 0 spiro atoms. The minimum atomic E-state index is -4.20. The Labute approximate surface area is 270 Å². The minimum absolute atomic E-state index is 0.000359. The number of carbonyl (C=O) groups excluding carboxylic acids is 2. The predicted octanol–water partition coefficient (Wildman–Crippen LogP) is 6.84. The van der Waals surface area contributed by atoms with Crippen LogP contribution in [0.1, 0.15) is 57.9 Å². The molecule has 0 saturated heterocycles. The van der Waals surface area contributed by atoms with Crippen molar-refractivity contribution in [2.24, 2.45) is 0 Å². The van der Waals surface area contributed by atoms with Crippen molar-refractivity contribution in [3.8, 4) is 5.75 Å². The molecule has 3 aromatic rings. The van der Waals surface area contributed by atoms with E-state index in [-0.39, 0.29) is 23.4 Å². The van der Waals surface area contributed by atoms with Crippen molar-refractivity contribution in [2.75, 3.05) is 17.5 Å². The number of nitrogens with zero attached hydrogens (tertiary/aromatic N) is 2. The van der Waals surface area contributed by atoms with Gasteiger partial charge in [-0.05, 0) is 74.7 Å². The minimum Gasteiger partial charge on any atom is -0.494 e. The summed E-state index contributed by atoms with van der Waals surface area (Å²) in [4.78, 5) is 29.4. The van der Waals surface area contributed by atoms with Crippen LogP contribution in [0.15, 0.2) is 77.7 Å². The van der Waals surface area contributed by atoms with E-state index in [2.05, 4.69) is 5.32 Å². The maximum atomic E-state index is 14.3. The van der Waals surface area contributed by atoms with E-state index < -0.39 is 28.5 Å². The van der Waals surface area contributed by atoms with E-state index in [9.17, 15) is 18.0 Å². The zero-order chi connectivity index (χ0) is 31.7. The molecule has 4 rings (SSSR count). The van der Waals surface area contributed by atoms with Crippen molar-refractivity contribution in [2.45, 2.75) is 75.9 Å². The lowest BCUT2D eigenvalue weighted by Crippen LogP contribution is -2.54. The Morgan fingerprint density at radius 3 is 2.14 bits per heavy atom. The average Bonchev–Trinajstić information content (AvgIpc) is 3.02. The summed E-state index contributed by atoms with van der Waals surface area (Å²) in [7, 11) is -4.20. The normalized spacial score (nSPS) is 14.5. The SMILES string of the molecule is CCOc1ccc(S(=O)(=O)N(CC(=O)N(Cc2c(Cl)cccc2Cl)[C@@H](CC)C(=O)NC2CCCCC2)c2ccccc2)cc1. The molecule has 11 heteroatoms. The summed E-state index contributed by atoms with van der Waals surface area (Å²) < 4.78 is 34.7. The van der Waals surface area contributed by atoms with Crippen molar-refractivity contribution < 1.29 is 22.7 Å². The van der Waals surface area contributed by atoms with Gasteiger partial charge in [0.1, 0.15) is 18.3 Å². The number of ether oxygens (including phenoxy) is 1. The fourth-order valence-corrected chi connectivity index (χ4v) is 7.37. The van der Waals surface area contributed by atoms with Gasteiger partial charge in [0.2, 0.25) is 11.8 Å². The second-order valence-electron chi connectivity index (χ2n) is 10.7. The first kappa shape index (κ1) is 33.6. The molecule has 1 aliphatic rings. The number of amides is 2. The Kier molecular flexibility index (Phi) is 11.9. The van der Waals surface area contributed by atoms with Gasteiger partial charge in [0.25, 0.3) is 10.0 Å². The van der Waals surface area contributed by atoms with Crippen LogP contribution < -0.4 is 14.4 Å². The summed E-state index contributed by atoms with van der Waals surface area (Å²) in [6.45, 7) is 3.49. The molecule has 8 nitrogen and oxygen atoms in total. The van der Waals surface area contributed by atoms with E-state index in [0.717, 1.165) is 36.4 Å². The fraction of sp³-hybridized carbons (Fsp3) is 0.394. The number of sulfonamides is 1. The van der Waals surface area contributed by atoms with Gasteiger partial charge < -0.3 is 15.0 Å². The van der Waals surface area contributed by atoms with Crippen LogP contribution in [0.4, 0.5) is 5.69 Å². The molecule has 0 unspecified atom stereocenters. The van der Waals surface area contributed by atoms with Crippen LogP contribution in [0.5, 0.6) is 5.75 Å². The van der Waals surface area contributed by atoms with Gasteiger partial charge in [0.05, 0.1) is 17.2 Å². The molecule has 0 aromatic heterocycles. The smallest absolute Gasteiger partial charge is 0.264 e. The summed E-state index contributed by atoms with van der Waals surface area (Å²) in [5, 5.41) is 3.83. The van der Waals surface area contributed by atoms with Gasteiger partial charge in [-0.1, -0.05) is 73.7 Å². The average molecular weight is 661 g/mol. The Bertz CT molecular complexity index is 1490. The molecular weight excluding hydrogens is 621 g/mol. The number of para-hydroxylation sites is 1. The van der Waals surface area contributed by atoms with E-state index >= 15 is 0 Å². The Morgan fingerprint density at radius 2 is 1.55 bits per heavy atom. The van der Waals surface area contributed by atoms with Gasteiger partial charge in [-0.15, -0.1) is 0 Å². The van der Waals surface area contributed by atoms with Crippen molar-refractivity contribution in [1.82, 2.24) is 10.2 Å². The standard InChI is InChI=1S/C33H39Cl2N3O5S/c1-3-31(33(40)36-24-12-7-5-8-13-24)37(22-28-29(34)16-11-17-30(28)35)32(39)23-38(25-14-9-6-10-15-25)44(41,42)27-20-18-26(19-21-27)43-4-2/h6,9-11,14-21,24,31H,3-5,7-8,12-13,22-23H2,1-2H3,(H,36,40)/t31-/m0/s1. The summed E-state index contributed by atoms with van der Waals surface area (Å²) in [5.41, 5.74) is 0.791. The van der Waals surface area contributed by atoms with Crippen molar-refractivity contribution in [1.29, 1.82) is 0 Å². The highest BCUT2D eigenvalue weighted by molar-refractivity contribution is 7.92. The highest BCUT2D eigenvalue weighted by atomic mass is 35.5. The first-order chi connectivity index (χ1) is 21.1. The molecule has 0 bridgehead atoms. The molecule has 1 aliphatic carbocycles. The third-order valence-electron chi connectivity index (χ3n) is 7.77. The van der Waals surface area contributed by atoms with Crippen LogP contribution in [0.3, 0.4) is 0 Å². The molecule has 1 fully saturated rings. The van der Waals surface area contributed by atoms with Gasteiger partial charge in [0, 0.05) is 28.2 Å². The maximum Gasteiger partial charge on any atom is 0.264 e. The Balaban J connectivity index is 1.71. The van der Waals surface area contributed by atoms with Gasteiger partial charge in [0.15, 0.2) is 0 Å². The Morgan fingerprint density at radius 1 is 0.909 bits per heavy atom. The van der Waals surface area contributed by atoms with Gasteiger partial charge >= 0.3 is 0 Å². The highest BCUT2D eigenvalue weighted by Gasteiger charge is 2.35. The lowest BCUT2D eigenvalue weighted by atomic mass is 9.95. The first-order valence-corrected chi connectivity index (χ1v) is 17.2. The molecule has 0 radical (unpaired) electrons. The van der Waals surface area contributed by atoms with E-state index in [1.807, 2.05) is 13.8 Å². The van der Waals surface area contributed by atoms with Crippen LogP contribution in [-0.4, -0.2) is 50.4 Å². The number of benzene rings is 3. The maximum absolute atomic E-state index is 14.3. The molecule has 236 valence electrons. The number of hydrogen-bond donors (Lipinski definition) is 1. The molecule has 44 heavy (non-hydrogen) atoms. The summed E-state index contributed by atoms with van der Waals surface area (Å²) in [6, 6.07) is 18.7. The monoisotopic (exact) mass is 659 g/mol. The molecule has 1 atom stereocenters. The number of carbonyl (C=O) groups is 2. The van der Waals surface area contributed by atoms with Crippen LogP contribution in [-0.2, 0) is 26.2 Å². The zero-order valence-corrected chi connectivity index (χ0v) is 27.4. The molecule has 3 aromatic carbocycles. The van der Waals surface area contributed by atoms with Crippen molar-refractivity contribution in [3.63, 3.8) is 0 Å². The van der Waals surface area contributed by atoms with Crippen molar-refractivity contribution >= 4 is 50.7 Å². The summed E-state index contributed by atoms with van der Waals surface area (Å²) in [6.07, 6.45) is 5.29. The molecule has 0 aliphatic heterocycles. The topological polar surface area (TPSA) is 96.0 Å². The van der Waals surface area contributed by atoms with Gasteiger partial charge in [-0.3, -0.25) is 13.9 Å². The highest BCUT2D eigenvalue weighted by Crippen LogP contribution is 2.29. The summed E-state index contributed by atoms with van der Waals surface area (Å²) >= 11 is 13.0. The number of rotatable bonds is 13. The zero-order valence-electron chi connectivity index (χ0n) is 25.0. The lowest BCUT2D eigenvalue weighted by molar-refractivity contribution is -0.140. The first-order valence-electron chi connectivity index (χ1n) is 15.0. The van der Waals surface area contributed by atoms with Crippen molar-refractivity contribution in [3.05, 3.63) is 88.4 Å². The van der Waals surface area contributed by atoms with Crippen LogP contribution in [0, 0.1) is 0 Å². The largest absolute Gasteiger partial charge is 0.494 e. The van der Waals surface area contributed by atoms with E-state index in [4.69, 9.17) is 27.9 Å². The van der Waals surface area contributed by atoms with Gasteiger partial charge in [-0.25, -0.2) is 8.42 Å². The number of nitrogens with one attached hydrogen (secondary N) is 1. The second kappa shape index (κ2) is 15.6. The summed E-state index contributed by atoms with van der Waals surface area (Å²) in [5.74, 6) is -0.312. The molecular formula is C33H39Cl2N3O5S. The fourth-order valence-electron chi connectivity index (χ4n) is 5.44. The third kappa shape index (κ3) is 8.25. The van der Waals surface area contributed by atoms with E-state index in [0.29, 0.717) is 40.1 Å². The van der Waals surface area contributed by atoms with Gasteiger partial charge in [-0.2, -0.15) is 0 Å². The molecule has 1 saturated carbocycles. The second-order valence-corrected chi connectivity index (χ2v) is 13.4. The quantitative estimate of drug-likeness (QED) is 0.217. The van der Waals surface area contributed by atoms with Crippen LogP contribution >= 0.6 is 23.2 Å². The Hall–Kier alpha value is -3.27. The lowest BCUT2D eigenvalue weighted by Gasteiger charge is -2.34. The molecule has 0 heterocycles. The van der Waals surface area contributed by atoms with Crippen LogP contribution in [0.25, 0.3) is 0 Å². The van der Waals surface area contributed by atoms with Crippen LogP contribution in [0.2, 0.25) is 10.0 Å². The van der Waals surface area contributed by atoms with E-state index in [1.165, 1.54) is 17.0 Å². The van der Waals surface area contributed by atoms with E-state index in [1.54, 1.807) is 60.7 Å². The predicted molar refractivity (Wildman–Crippen MR) is 175 cm³/mol. The number of hydrogen-bond acceptors (Lipinski definition) is 5. The number of halogens is 2.